The van der Waals surface area contributed by atoms with Gasteiger partial charge < -0.3 is 15.0 Å². The zero-order valence-electron chi connectivity index (χ0n) is 13.7. The number of nitrogens with zero attached hydrogens (tertiary/aromatic N) is 5. The molecule has 0 unspecified atom stereocenters. The van der Waals surface area contributed by atoms with Crippen LogP contribution in [0.3, 0.4) is 0 Å². The third kappa shape index (κ3) is 3.65. The number of rotatable bonds is 4. The summed E-state index contributed by atoms with van der Waals surface area (Å²) >= 11 is 0. The maximum atomic E-state index is 12.8. The van der Waals surface area contributed by atoms with Crippen molar-refractivity contribution in [1.82, 2.24) is 25.1 Å². The third-order valence-electron chi connectivity index (χ3n) is 3.63. The fraction of sp³-hybridized carbons (Fsp3) is 0.438. The lowest BCUT2D eigenvalue weighted by Crippen LogP contribution is -2.44. The Morgan fingerprint density at radius 2 is 2.21 bits per heavy atom. The van der Waals surface area contributed by atoms with Crippen LogP contribution in [0, 0.1) is 0 Å². The van der Waals surface area contributed by atoms with Gasteiger partial charge in [-0.2, -0.15) is 10.2 Å². The van der Waals surface area contributed by atoms with Crippen LogP contribution < -0.4 is 5.32 Å². The fourth-order valence-electron chi connectivity index (χ4n) is 2.55. The van der Waals surface area contributed by atoms with Gasteiger partial charge in [0.05, 0.1) is 31.2 Å². The van der Waals surface area contributed by atoms with Crippen LogP contribution in [0.1, 0.15) is 36.1 Å². The molecule has 0 saturated carbocycles. The van der Waals surface area contributed by atoms with E-state index in [2.05, 4.69) is 25.5 Å². The summed E-state index contributed by atoms with van der Waals surface area (Å²) in [4.78, 5) is 23.4. The molecule has 8 nitrogen and oxygen atoms in total. The number of amides is 1. The van der Waals surface area contributed by atoms with E-state index in [9.17, 15) is 4.79 Å². The molecule has 1 fully saturated rings. The second-order valence-electron chi connectivity index (χ2n) is 5.82. The average Bonchev–Trinajstić information content (AvgIpc) is 2.61. The number of anilines is 1. The highest BCUT2D eigenvalue weighted by atomic mass is 16.5. The predicted octanol–water partition coefficient (Wildman–Crippen LogP) is 1.30. The molecule has 1 N–H and O–H groups in total. The monoisotopic (exact) mass is 328 g/mol. The number of carbonyl (C=O) groups is 1. The quantitative estimate of drug-likeness (QED) is 0.904. The molecule has 0 bridgehead atoms. The van der Waals surface area contributed by atoms with Gasteiger partial charge in [0.25, 0.3) is 5.91 Å². The second-order valence-corrected chi connectivity index (χ2v) is 5.82. The lowest BCUT2D eigenvalue weighted by molar-refractivity contribution is -0.00522. The van der Waals surface area contributed by atoms with Crippen molar-refractivity contribution < 1.29 is 9.53 Å². The van der Waals surface area contributed by atoms with Crippen molar-refractivity contribution in [3.05, 3.63) is 42.1 Å². The first-order chi connectivity index (χ1) is 11.6. The van der Waals surface area contributed by atoms with E-state index in [1.165, 1.54) is 12.4 Å². The summed E-state index contributed by atoms with van der Waals surface area (Å²) in [6.45, 7) is 5.42. The first-order valence-corrected chi connectivity index (χ1v) is 7.90. The molecule has 8 heteroatoms. The van der Waals surface area contributed by atoms with E-state index < -0.39 is 0 Å². The number of hydrogen-bond donors (Lipinski definition) is 1. The van der Waals surface area contributed by atoms with Crippen molar-refractivity contribution in [3.8, 4) is 0 Å². The number of carbonyl (C=O) groups excluding carboxylic acids is 1. The Morgan fingerprint density at radius 3 is 2.96 bits per heavy atom. The van der Waals surface area contributed by atoms with Crippen LogP contribution in [0.15, 0.2) is 30.7 Å². The van der Waals surface area contributed by atoms with Gasteiger partial charge in [-0.05, 0) is 26.0 Å². The molecule has 3 heterocycles. The Morgan fingerprint density at radius 1 is 1.33 bits per heavy atom. The lowest BCUT2D eigenvalue weighted by Gasteiger charge is -2.34. The molecule has 0 aliphatic carbocycles. The first-order valence-electron chi connectivity index (χ1n) is 7.90. The fourth-order valence-corrected chi connectivity index (χ4v) is 2.55. The van der Waals surface area contributed by atoms with Crippen molar-refractivity contribution >= 4 is 11.7 Å². The summed E-state index contributed by atoms with van der Waals surface area (Å²) in [6.07, 6.45) is 4.66. The minimum Gasteiger partial charge on any atom is -0.377 e. The number of morpholine rings is 1. The molecule has 1 aliphatic rings. The SMILES string of the molecule is CC(C)Nc1ccnc([C@H]2COCCN2C(=O)c2ccnnc2)n1. The average molecular weight is 328 g/mol. The van der Waals surface area contributed by atoms with E-state index in [0.29, 0.717) is 31.1 Å². The van der Waals surface area contributed by atoms with Crippen molar-refractivity contribution in [2.45, 2.75) is 25.9 Å². The van der Waals surface area contributed by atoms with Crippen LogP contribution in [0.4, 0.5) is 5.82 Å². The largest absolute Gasteiger partial charge is 0.377 e. The highest BCUT2D eigenvalue weighted by Crippen LogP contribution is 2.24. The van der Waals surface area contributed by atoms with Crippen LogP contribution in [0.2, 0.25) is 0 Å². The Kier molecular flexibility index (Phi) is 4.95. The minimum atomic E-state index is -0.326. The topological polar surface area (TPSA) is 93.1 Å². The Bertz CT molecular complexity index is 694. The molecule has 1 amide bonds. The number of aromatic nitrogens is 4. The maximum Gasteiger partial charge on any atom is 0.256 e. The van der Waals surface area contributed by atoms with Gasteiger partial charge in [0.15, 0.2) is 5.82 Å². The Balaban J connectivity index is 1.86. The minimum absolute atomic E-state index is 0.121. The summed E-state index contributed by atoms with van der Waals surface area (Å²) in [7, 11) is 0. The van der Waals surface area contributed by atoms with Crippen molar-refractivity contribution in [1.29, 1.82) is 0 Å². The predicted molar refractivity (Wildman–Crippen MR) is 87.4 cm³/mol. The van der Waals surface area contributed by atoms with E-state index in [4.69, 9.17) is 4.74 Å². The second kappa shape index (κ2) is 7.31. The van der Waals surface area contributed by atoms with Gasteiger partial charge in [0, 0.05) is 18.8 Å². The molecule has 0 spiro atoms. The molecule has 2 aromatic rings. The highest BCUT2D eigenvalue weighted by Gasteiger charge is 2.31. The van der Waals surface area contributed by atoms with E-state index in [-0.39, 0.29) is 18.0 Å². The van der Waals surface area contributed by atoms with Gasteiger partial charge in [-0.15, -0.1) is 0 Å². The molecule has 24 heavy (non-hydrogen) atoms. The molecular formula is C16H20N6O2. The van der Waals surface area contributed by atoms with Gasteiger partial charge in [0.1, 0.15) is 11.9 Å². The Hall–Kier alpha value is -2.61. The summed E-state index contributed by atoms with van der Waals surface area (Å²) in [5.74, 6) is 1.18. The summed E-state index contributed by atoms with van der Waals surface area (Å²) in [5, 5.41) is 10.7. The molecule has 3 rings (SSSR count). The van der Waals surface area contributed by atoms with Gasteiger partial charge in [0.2, 0.25) is 0 Å². The normalized spacial score (nSPS) is 17.8. The van der Waals surface area contributed by atoms with E-state index in [1.807, 2.05) is 19.9 Å². The number of nitrogens with one attached hydrogen (secondary N) is 1. The van der Waals surface area contributed by atoms with E-state index in [0.717, 1.165) is 5.82 Å². The van der Waals surface area contributed by atoms with Gasteiger partial charge in [-0.25, -0.2) is 9.97 Å². The number of ether oxygens (including phenoxy) is 1. The number of hydrogen-bond acceptors (Lipinski definition) is 7. The molecule has 0 radical (unpaired) electrons. The lowest BCUT2D eigenvalue weighted by atomic mass is 10.1. The van der Waals surface area contributed by atoms with E-state index >= 15 is 0 Å². The molecule has 1 saturated heterocycles. The third-order valence-corrected chi connectivity index (χ3v) is 3.63. The molecule has 0 aromatic carbocycles. The molecule has 126 valence electrons. The summed E-state index contributed by atoms with van der Waals surface area (Å²) < 4.78 is 5.55. The van der Waals surface area contributed by atoms with Crippen LogP contribution in [-0.2, 0) is 4.74 Å². The van der Waals surface area contributed by atoms with Crippen LogP contribution >= 0.6 is 0 Å². The molecule has 2 aromatic heterocycles. The zero-order valence-corrected chi connectivity index (χ0v) is 13.7. The zero-order chi connectivity index (χ0) is 16.9. The summed E-state index contributed by atoms with van der Waals surface area (Å²) in [6, 6.07) is 3.40. The van der Waals surface area contributed by atoms with Crippen LogP contribution in [0.5, 0.6) is 0 Å². The standard InChI is InChI=1S/C16H20N6O2/c1-11(2)20-14-4-5-17-15(21-14)13-10-24-8-7-22(13)16(23)12-3-6-18-19-9-12/h3-6,9,11,13H,7-8,10H2,1-2H3,(H,17,20,21)/t13-/m1/s1. The smallest absolute Gasteiger partial charge is 0.256 e. The molecular weight excluding hydrogens is 308 g/mol. The van der Waals surface area contributed by atoms with Crippen LogP contribution in [0.25, 0.3) is 0 Å². The summed E-state index contributed by atoms with van der Waals surface area (Å²) in [5.41, 5.74) is 0.494. The van der Waals surface area contributed by atoms with Gasteiger partial charge in [-0.1, -0.05) is 0 Å². The Labute approximate surface area is 140 Å². The van der Waals surface area contributed by atoms with Gasteiger partial charge in [-0.3, -0.25) is 4.79 Å². The van der Waals surface area contributed by atoms with Gasteiger partial charge >= 0.3 is 0 Å². The van der Waals surface area contributed by atoms with Crippen molar-refractivity contribution in [2.75, 3.05) is 25.1 Å². The van der Waals surface area contributed by atoms with E-state index in [1.54, 1.807) is 17.2 Å². The molecule has 1 atom stereocenters. The van der Waals surface area contributed by atoms with Crippen molar-refractivity contribution in [2.24, 2.45) is 0 Å². The van der Waals surface area contributed by atoms with Crippen molar-refractivity contribution in [3.63, 3.8) is 0 Å². The first kappa shape index (κ1) is 16.3. The molecule has 1 aliphatic heterocycles. The van der Waals surface area contributed by atoms with Crippen LogP contribution in [-0.4, -0.2) is 56.8 Å². The maximum absolute atomic E-state index is 12.8. The highest BCUT2D eigenvalue weighted by molar-refractivity contribution is 5.94.